The molecule has 122 valence electrons. The highest BCUT2D eigenvalue weighted by Gasteiger charge is 2.52. The number of aromatic nitrogens is 1. The molecule has 0 saturated carbocycles. The van der Waals surface area contributed by atoms with Crippen LogP contribution >= 0.6 is 11.6 Å². The Morgan fingerprint density at radius 3 is 2.05 bits per heavy atom. The number of anilines is 1. The van der Waals surface area contributed by atoms with Gasteiger partial charge >= 0.3 is 7.12 Å². The minimum atomic E-state index is -0.460. The van der Waals surface area contributed by atoms with Crippen molar-refractivity contribution < 1.29 is 9.31 Å². The maximum Gasteiger partial charge on any atom is 0.498 e. The molecule has 1 aliphatic heterocycles. The SMILES string of the molecule is CNc1c(B2OC(C)(C)C(C)(C)O2)cnc(Cl)c1C(C)(C)C. The summed E-state index contributed by atoms with van der Waals surface area (Å²) in [6.07, 6.45) is 1.74. The monoisotopic (exact) mass is 324 g/mol. The van der Waals surface area contributed by atoms with Crippen LogP contribution in [0.2, 0.25) is 5.15 Å². The van der Waals surface area contributed by atoms with Crippen molar-refractivity contribution in [1.82, 2.24) is 4.98 Å². The van der Waals surface area contributed by atoms with E-state index in [1.807, 2.05) is 34.7 Å². The van der Waals surface area contributed by atoms with E-state index in [1.54, 1.807) is 6.20 Å². The number of rotatable bonds is 2. The third-order valence-corrected chi connectivity index (χ3v) is 4.86. The minimum absolute atomic E-state index is 0.137. The summed E-state index contributed by atoms with van der Waals surface area (Å²) in [6.45, 7) is 14.5. The largest absolute Gasteiger partial charge is 0.498 e. The normalized spacial score (nSPS) is 20.3. The predicted octanol–water partition coefficient (Wildman–Crippen LogP) is 3.37. The molecule has 1 fully saturated rings. The zero-order chi connectivity index (χ0) is 16.9. The van der Waals surface area contributed by atoms with Crippen LogP contribution in [0, 0.1) is 0 Å². The van der Waals surface area contributed by atoms with Gasteiger partial charge in [0.1, 0.15) is 5.15 Å². The van der Waals surface area contributed by atoms with Crippen LogP contribution in [0.15, 0.2) is 6.20 Å². The van der Waals surface area contributed by atoms with Gasteiger partial charge in [0.05, 0.1) is 11.2 Å². The fourth-order valence-electron chi connectivity index (χ4n) is 2.61. The highest BCUT2D eigenvalue weighted by atomic mass is 35.5. The molecule has 4 nitrogen and oxygen atoms in total. The molecule has 0 aliphatic carbocycles. The van der Waals surface area contributed by atoms with E-state index in [4.69, 9.17) is 20.9 Å². The van der Waals surface area contributed by atoms with Crippen molar-refractivity contribution in [1.29, 1.82) is 0 Å². The third kappa shape index (κ3) is 2.86. The fraction of sp³-hybridized carbons (Fsp3) is 0.688. The Labute approximate surface area is 139 Å². The topological polar surface area (TPSA) is 43.4 Å². The standard InChI is InChI=1S/C16H26BClN2O2/c1-14(2,3)11-12(19-8)10(9-20-13(11)18)17-21-15(4,5)16(6,7)22-17/h9H,1-8H3,(H,19,20). The quantitative estimate of drug-likeness (QED) is 0.669. The Hall–Kier alpha value is -0.775. The second kappa shape index (κ2) is 5.39. The van der Waals surface area contributed by atoms with Gasteiger partial charge < -0.3 is 14.6 Å². The highest BCUT2D eigenvalue weighted by molar-refractivity contribution is 6.64. The number of hydrogen-bond acceptors (Lipinski definition) is 4. The maximum atomic E-state index is 6.35. The second-order valence-corrected chi connectivity index (χ2v) is 8.20. The van der Waals surface area contributed by atoms with Crippen molar-refractivity contribution in [3.8, 4) is 0 Å². The van der Waals surface area contributed by atoms with Crippen LogP contribution < -0.4 is 10.8 Å². The van der Waals surface area contributed by atoms with Gasteiger partial charge in [0.25, 0.3) is 0 Å². The Morgan fingerprint density at radius 1 is 1.14 bits per heavy atom. The number of pyridine rings is 1. The first-order chi connectivity index (χ1) is 9.90. The first kappa shape index (κ1) is 17.6. The van der Waals surface area contributed by atoms with E-state index in [0.29, 0.717) is 5.15 Å². The second-order valence-electron chi connectivity index (χ2n) is 7.84. The van der Waals surface area contributed by atoms with E-state index in [2.05, 4.69) is 31.1 Å². The minimum Gasteiger partial charge on any atom is -0.399 e. The molecule has 0 bridgehead atoms. The lowest BCUT2D eigenvalue weighted by atomic mass is 9.75. The van der Waals surface area contributed by atoms with Crippen molar-refractivity contribution in [2.24, 2.45) is 0 Å². The van der Waals surface area contributed by atoms with E-state index < -0.39 is 7.12 Å². The van der Waals surface area contributed by atoms with Crippen LogP contribution in [0.1, 0.15) is 54.0 Å². The first-order valence-corrected chi connectivity index (χ1v) is 8.01. The summed E-state index contributed by atoms with van der Waals surface area (Å²) in [4.78, 5) is 4.36. The fourth-order valence-corrected chi connectivity index (χ4v) is 3.03. The van der Waals surface area contributed by atoms with Crippen molar-refractivity contribution in [3.05, 3.63) is 16.9 Å². The zero-order valence-electron chi connectivity index (χ0n) is 14.8. The van der Waals surface area contributed by atoms with Crippen molar-refractivity contribution >= 4 is 29.9 Å². The van der Waals surface area contributed by atoms with Gasteiger partial charge in [-0.15, -0.1) is 0 Å². The Balaban J connectivity index is 2.55. The van der Waals surface area contributed by atoms with Gasteiger partial charge in [0, 0.05) is 30.0 Å². The molecule has 2 heterocycles. The van der Waals surface area contributed by atoms with Gasteiger partial charge in [-0.3, -0.25) is 0 Å². The van der Waals surface area contributed by atoms with Crippen LogP contribution in [0.5, 0.6) is 0 Å². The molecule has 1 N–H and O–H groups in total. The predicted molar refractivity (Wildman–Crippen MR) is 93.2 cm³/mol. The molecule has 1 saturated heterocycles. The van der Waals surface area contributed by atoms with Gasteiger partial charge in [-0.05, 0) is 33.1 Å². The molecule has 0 radical (unpaired) electrons. The van der Waals surface area contributed by atoms with Gasteiger partial charge in [0.2, 0.25) is 0 Å². The van der Waals surface area contributed by atoms with Gasteiger partial charge in [-0.25, -0.2) is 4.98 Å². The molecule has 22 heavy (non-hydrogen) atoms. The van der Waals surface area contributed by atoms with Crippen LogP contribution in [0.3, 0.4) is 0 Å². The zero-order valence-corrected chi connectivity index (χ0v) is 15.6. The van der Waals surface area contributed by atoms with E-state index in [-0.39, 0.29) is 16.6 Å². The molecule has 1 aromatic rings. The molecule has 0 unspecified atom stereocenters. The number of halogens is 1. The Morgan fingerprint density at radius 2 is 1.64 bits per heavy atom. The lowest BCUT2D eigenvalue weighted by molar-refractivity contribution is 0.00578. The van der Waals surface area contributed by atoms with E-state index in [0.717, 1.165) is 16.7 Å². The number of hydrogen-bond donors (Lipinski definition) is 1. The molecular formula is C16H26BClN2O2. The summed E-state index contributed by atoms with van der Waals surface area (Å²) in [7, 11) is 1.42. The summed E-state index contributed by atoms with van der Waals surface area (Å²) in [5.74, 6) is 0. The molecule has 0 atom stereocenters. The molecular weight excluding hydrogens is 298 g/mol. The van der Waals surface area contributed by atoms with Crippen molar-refractivity contribution in [2.75, 3.05) is 12.4 Å². The molecule has 1 aliphatic rings. The third-order valence-electron chi connectivity index (χ3n) is 4.57. The number of nitrogens with one attached hydrogen (secondary N) is 1. The lowest BCUT2D eigenvalue weighted by Gasteiger charge is -2.32. The molecule has 0 spiro atoms. The highest BCUT2D eigenvalue weighted by Crippen LogP contribution is 2.39. The van der Waals surface area contributed by atoms with E-state index in [9.17, 15) is 0 Å². The number of nitrogens with zero attached hydrogens (tertiary/aromatic N) is 1. The molecule has 6 heteroatoms. The maximum absolute atomic E-state index is 6.35. The molecule has 0 amide bonds. The van der Waals surface area contributed by atoms with Gasteiger partial charge in [0.15, 0.2) is 0 Å². The van der Waals surface area contributed by atoms with E-state index >= 15 is 0 Å². The Kier molecular flexibility index (Phi) is 4.31. The van der Waals surface area contributed by atoms with Crippen LogP contribution in [-0.2, 0) is 14.7 Å². The molecule has 0 aromatic carbocycles. The molecule has 2 rings (SSSR count). The van der Waals surface area contributed by atoms with Crippen LogP contribution in [0.25, 0.3) is 0 Å². The van der Waals surface area contributed by atoms with Gasteiger partial charge in [-0.2, -0.15) is 0 Å². The van der Waals surface area contributed by atoms with E-state index in [1.165, 1.54) is 0 Å². The average molecular weight is 325 g/mol. The van der Waals surface area contributed by atoms with Crippen molar-refractivity contribution in [2.45, 2.75) is 65.1 Å². The molecule has 1 aromatic heterocycles. The summed E-state index contributed by atoms with van der Waals surface area (Å²) in [5.41, 5.74) is 1.89. The Bertz CT molecular complexity index is 566. The lowest BCUT2D eigenvalue weighted by Crippen LogP contribution is -2.41. The summed E-state index contributed by atoms with van der Waals surface area (Å²) >= 11 is 6.35. The summed E-state index contributed by atoms with van der Waals surface area (Å²) < 4.78 is 12.3. The smallest absolute Gasteiger partial charge is 0.399 e. The van der Waals surface area contributed by atoms with Gasteiger partial charge in [-0.1, -0.05) is 32.4 Å². The van der Waals surface area contributed by atoms with Crippen LogP contribution in [0.4, 0.5) is 5.69 Å². The summed E-state index contributed by atoms with van der Waals surface area (Å²) in [5, 5.41) is 3.77. The van der Waals surface area contributed by atoms with Crippen molar-refractivity contribution in [3.63, 3.8) is 0 Å². The average Bonchev–Trinajstić information content (AvgIpc) is 2.56. The van der Waals surface area contributed by atoms with Crippen LogP contribution in [-0.4, -0.2) is 30.4 Å². The summed E-state index contributed by atoms with van der Waals surface area (Å²) in [6, 6.07) is 0. The first-order valence-electron chi connectivity index (χ1n) is 7.63.